The summed E-state index contributed by atoms with van der Waals surface area (Å²) in [5.41, 5.74) is 3.26. The molecule has 5 nitrogen and oxygen atoms in total. The van der Waals surface area contributed by atoms with Gasteiger partial charge in [0, 0.05) is 17.8 Å². The number of sulfonamides is 1. The van der Waals surface area contributed by atoms with Gasteiger partial charge in [0.15, 0.2) is 0 Å². The largest absolute Gasteiger partial charge is 0.322 e. The second-order valence-corrected chi connectivity index (χ2v) is 8.57. The van der Waals surface area contributed by atoms with E-state index in [0.29, 0.717) is 18.0 Å². The Morgan fingerprint density at radius 1 is 1.04 bits per heavy atom. The van der Waals surface area contributed by atoms with E-state index in [1.165, 1.54) is 24.3 Å². The number of rotatable bonds is 7. The van der Waals surface area contributed by atoms with Crippen molar-refractivity contribution >= 4 is 21.6 Å². The monoisotopic (exact) mass is 374 g/mol. The molecule has 0 spiro atoms. The van der Waals surface area contributed by atoms with Crippen LogP contribution < -0.4 is 10.0 Å². The van der Waals surface area contributed by atoms with Gasteiger partial charge >= 0.3 is 0 Å². The van der Waals surface area contributed by atoms with Gasteiger partial charge in [-0.25, -0.2) is 13.1 Å². The lowest BCUT2D eigenvalue weighted by atomic mass is 10.1. The van der Waals surface area contributed by atoms with Gasteiger partial charge in [-0.05, 0) is 67.6 Å². The zero-order valence-electron chi connectivity index (χ0n) is 15.7. The summed E-state index contributed by atoms with van der Waals surface area (Å²) in [7, 11) is -3.55. The van der Waals surface area contributed by atoms with Crippen LogP contribution in [0.2, 0.25) is 0 Å². The lowest BCUT2D eigenvalue weighted by Gasteiger charge is -2.11. The Morgan fingerprint density at radius 3 is 2.31 bits per heavy atom. The Balaban J connectivity index is 2.08. The average Bonchev–Trinajstić information content (AvgIpc) is 2.58. The molecule has 0 saturated heterocycles. The number of benzene rings is 2. The minimum atomic E-state index is -3.55. The predicted octanol–water partition coefficient (Wildman–Crippen LogP) is 3.88. The van der Waals surface area contributed by atoms with Crippen LogP contribution in [0, 0.1) is 19.8 Å². The normalized spacial score (nSPS) is 11.6. The van der Waals surface area contributed by atoms with Gasteiger partial charge < -0.3 is 5.32 Å². The van der Waals surface area contributed by atoms with E-state index in [4.69, 9.17) is 0 Å². The molecular formula is C20H26N2O3S. The molecule has 0 aromatic heterocycles. The number of aryl methyl sites for hydroxylation is 1. The quantitative estimate of drug-likeness (QED) is 0.772. The third kappa shape index (κ3) is 5.16. The summed E-state index contributed by atoms with van der Waals surface area (Å²) in [5.74, 6) is 0.157. The summed E-state index contributed by atoms with van der Waals surface area (Å²) in [5, 5.41) is 2.87. The molecule has 26 heavy (non-hydrogen) atoms. The number of hydrogen-bond donors (Lipinski definition) is 2. The summed E-state index contributed by atoms with van der Waals surface area (Å²) >= 11 is 0. The molecule has 0 saturated carbocycles. The zero-order chi connectivity index (χ0) is 19.3. The minimum Gasteiger partial charge on any atom is -0.322 e. The van der Waals surface area contributed by atoms with Gasteiger partial charge in [0.25, 0.3) is 5.91 Å². The predicted molar refractivity (Wildman–Crippen MR) is 105 cm³/mol. The van der Waals surface area contributed by atoms with Crippen molar-refractivity contribution in [2.45, 2.75) is 39.0 Å². The number of carbonyl (C=O) groups excluding carboxylic acids is 1. The first kappa shape index (κ1) is 20.1. The highest BCUT2D eigenvalue weighted by atomic mass is 32.2. The van der Waals surface area contributed by atoms with Crippen molar-refractivity contribution in [2.75, 3.05) is 11.9 Å². The number of nitrogens with one attached hydrogen (secondary N) is 2. The van der Waals surface area contributed by atoms with Gasteiger partial charge in [-0.2, -0.15) is 0 Å². The highest BCUT2D eigenvalue weighted by Gasteiger charge is 2.15. The number of anilines is 1. The van der Waals surface area contributed by atoms with Gasteiger partial charge in [0.2, 0.25) is 10.0 Å². The number of carbonyl (C=O) groups is 1. The first-order valence-corrected chi connectivity index (χ1v) is 10.2. The fourth-order valence-corrected chi connectivity index (χ4v) is 3.48. The molecule has 0 bridgehead atoms. The van der Waals surface area contributed by atoms with E-state index in [1.54, 1.807) is 0 Å². The van der Waals surface area contributed by atoms with Crippen molar-refractivity contribution in [3.8, 4) is 0 Å². The van der Waals surface area contributed by atoms with Gasteiger partial charge in [0.05, 0.1) is 4.90 Å². The van der Waals surface area contributed by atoms with E-state index in [9.17, 15) is 13.2 Å². The van der Waals surface area contributed by atoms with Crippen LogP contribution in [0.15, 0.2) is 47.4 Å². The van der Waals surface area contributed by atoms with Crippen molar-refractivity contribution in [1.82, 2.24) is 4.72 Å². The van der Waals surface area contributed by atoms with Gasteiger partial charge in [-0.3, -0.25) is 4.79 Å². The molecule has 0 aliphatic rings. The fourth-order valence-electron chi connectivity index (χ4n) is 2.43. The second kappa shape index (κ2) is 8.47. The molecule has 2 rings (SSSR count). The van der Waals surface area contributed by atoms with Gasteiger partial charge in [0.1, 0.15) is 0 Å². The van der Waals surface area contributed by atoms with Crippen LogP contribution >= 0.6 is 0 Å². The highest BCUT2D eigenvalue weighted by Crippen LogP contribution is 2.19. The molecule has 1 amide bonds. The maximum Gasteiger partial charge on any atom is 0.255 e. The Hall–Kier alpha value is -2.18. The lowest BCUT2D eigenvalue weighted by Crippen LogP contribution is -2.25. The van der Waals surface area contributed by atoms with E-state index in [0.717, 1.165) is 23.2 Å². The SMILES string of the molecule is Cc1cccc(NC(=O)c2ccc(S(=O)(=O)NCCC(C)C)cc2)c1C. The molecule has 0 fully saturated rings. The lowest BCUT2D eigenvalue weighted by molar-refractivity contribution is 0.102. The van der Waals surface area contributed by atoms with Crippen LogP contribution in [-0.2, 0) is 10.0 Å². The Labute approximate surface area is 155 Å². The second-order valence-electron chi connectivity index (χ2n) is 6.81. The highest BCUT2D eigenvalue weighted by molar-refractivity contribution is 7.89. The van der Waals surface area contributed by atoms with E-state index in [1.807, 2.05) is 45.9 Å². The summed E-state index contributed by atoms with van der Waals surface area (Å²) in [4.78, 5) is 12.6. The van der Waals surface area contributed by atoms with E-state index in [2.05, 4.69) is 10.0 Å². The molecule has 6 heteroatoms. The fraction of sp³-hybridized carbons (Fsp3) is 0.350. The standard InChI is InChI=1S/C20H26N2O3S/c1-14(2)12-13-21-26(24,25)18-10-8-17(9-11-18)20(23)22-19-7-5-6-15(3)16(19)4/h5-11,14,21H,12-13H2,1-4H3,(H,22,23). The molecule has 2 N–H and O–H groups in total. The van der Waals surface area contributed by atoms with Crippen LogP contribution in [-0.4, -0.2) is 20.9 Å². The molecule has 0 aliphatic carbocycles. The van der Waals surface area contributed by atoms with E-state index >= 15 is 0 Å². The molecular weight excluding hydrogens is 348 g/mol. The van der Waals surface area contributed by atoms with Crippen molar-refractivity contribution in [1.29, 1.82) is 0 Å². The van der Waals surface area contributed by atoms with Gasteiger partial charge in [-0.15, -0.1) is 0 Å². The molecule has 0 heterocycles. The average molecular weight is 375 g/mol. The summed E-state index contributed by atoms with van der Waals surface area (Å²) in [6.07, 6.45) is 0.773. The van der Waals surface area contributed by atoms with Crippen LogP contribution in [0.5, 0.6) is 0 Å². The van der Waals surface area contributed by atoms with E-state index in [-0.39, 0.29) is 10.8 Å². The first-order valence-electron chi connectivity index (χ1n) is 8.68. The molecule has 0 radical (unpaired) electrons. The summed E-state index contributed by atoms with van der Waals surface area (Å²) < 4.78 is 27.1. The Kier molecular flexibility index (Phi) is 6.56. The van der Waals surface area contributed by atoms with Gasteiger partial charge in [-0.1, -0.05) is 26.0 Å². The molecule has 2 aromatic carbocycles. The Bertz CT molecular complexity index is 872. The topological polar surface area (TPSA) is 75.3 Å². The zero-order valence-corrected chi connectivity index (χ0v) is 16.5. The minimum absolute atomic E-state index is 0.157. The van der Waals surface area contributed by atoms with Crippen molar-refractivity contribution in [2.24, 2.45) is 5.92 Å². The summed E-state index contributed by atoms with van der Waals surface area (Å²) in [6.45, 7) is 8.41. The molecule has 2 aromatic rings. The molecule has 140 valence electrons. The molecule has 0 aliphatic heterocycles. The van der Waals surface area contributed by atoms with Crippen molar-refractivity contribution in [3.05, 3.63) is 59.2 Å². The van der Waals surface area contributed by atoms with E-state index < -0.39 is 10.0 Å². The third-order valence-electron chi connectivity index (χ3n) is 4.29. The van der Waals surface area contributed by atoms with Crippen LogP contribution in [0.3, 0.4) is 0 Å². The smallest absolute Gasteiger partial charge is 0.255 e. The van der Waals surface area contributed by atoms with Crippen LogP contribution in [0.25, 0.3) is 0 Å². The maximum absolute atomic E-state index is 12.4. The molecule has 0 atom stereocenters. The summed E-state index contributed by atoms with van der Waals surface area (Å²) in [6, 6.07) is 11.7. The number of hydrogen-bond acceptors (Lipinski definition) is 3. The van der Waals surface area contributed by atoms with Crippen LogP contribution in [0.1, 0.15) is 41.8 Å². The maximum atomic E-state index is 12.4. The first-order chi connectivity index (χ1) is 12.2. The number of amides is 1. The van der Waals surface area contributed by atoms with Crippen molar-refractivity contribution < 1.29 is 13.2 Å². The van der Waals surface area contributed by atoms with Crippen LogP contribution in [0.4, 0.5) is 5.69 Å². The Morgan fingerprint density at radius 2 is 1.69 bits per heavy atom. The van der Waals surface area contributed by atoms with Crippen molar-refractivity contribution in [3.63, 3.8) is 0 Å². The third-order valence-corrected chi connectivity index (χ3v) is 5.77. The molecule has 0 unspecified atom stereocenters.